The molecule has 272 valence electrons. The van der Waals surface area contributed by atoms with Crippen LogP contribution < -0.4 is 4.90 Å². The van der Waals surface area contributed by atoms with Crippen LogP contribution in [0.2, 0.25) is 0 Å². The molecule has 0 bridgehead atoms. The molecule has 1 aromatic heterocycles. The second-order valence-corrected chi connectivity index (χ2v) is 14.9. The van der Waals surface area contributed by atoms with Gasteiger partial charge in [0.2, 0.25) is 0 Å². The van der Waals surface area contributed by atoms with Crippen LogP contribution in [-0.4, -0.2) is 0 Å². The largest absolute Gasteiger partial charge is 0.455 e. The number of rotatable bonds is 7. The molecule has 0 atom stereocenters. The average molecular weight is 740 g/mol. The molecule has 0 amide bonds. The van der Waals surface area contributed by atoms with Crippen molar-refractivity contribution in [2.24, 2.45) is 0 Å². The number of para-hydroxylation sites is 3. The Balaban J connectivity index is 1.07. The molecular weight excluding hydrogens is 703 g/mol. The molecular formula is C56H37NO. The van der Waals surface area contributed by atoms with E-state index in [1.165, 1.54) is 43.8 Å². The second kappa shape index (κ2) is 14.1. The molecule has 0 aliphatic rings. The van der Waals surface area contributed by atoms with Crippen LogP contribution in [0.25, 0.3) is 88.0 Å². The summed E-state index contributed by atoms with van der Waals surface area (Å²) in [5.41, 5.74) is 14.3. The lowest BCUT2D eigenvalue weighted by Crippen LogP contribution is -2.11. The molecule has 58 heavy (non-hydrogen) atoms. The van der Waals surface area contributed by atoms with Gasteiger partial charge in [-0.3, -0.25) is 0 Å². The number of furan rings is 1. The first-order valence-corrected chi connectivity index (χ1v) is 19.8. The molecule has 11 rings (SSSR count). The number of hydrogen-bond donors (Lipinski definition) is 0. The van der Waals surface area contributed by atoms with Crippen molar-refractivity contribution >= 4 is 60.5 Å². The quantitative estimate of drug-likeness (QED) is 0.162. The van der Waals surface area contributed by atoms with Crippen molar-refractivity contribution in [1.82, 2.24) is 0 Å². The molecule has 10 aromatic carbocycles. The molecule has 0 aliphatic carbocycles. The highest BCUT2D eigenvalue weighted by Crippen LogP contribution is 2.44. The fraction of sp³-hybridized carbons (Fsp3) is 0. The van der Waals surface area contributed by atoms with Crippen molar-refractivity contribution in [2.75, 3.05) is 4.90 Å². The zero-order valence-electron chi connectivity index (χ0n) is 31.7. The van der Waals surface area contributed by atoms with E-state index in [1.54, 1.807) is 0 Å². The molecule has 11 aromatic rings. The van der Waals surface area contributed by atoms with E-state index in [2.05, 4.69) is 217 Å². The highest BCUT2D eigenvalue weighted by molar-refractivity contribution is 6.09. The monoisotopic (exact) mass is 739 g/mol. The molecule has 0 spiro atoms. The maximum atomic E-state index is 6.46. The van der Waals surface area contributed by atoms with Crippen LogP contribution in [-0.2, 0) is 0 Å². The van der Waals surface area contributed by atoms with Crippen molar-refractivity contribution < 1.29 is 4.42 Å². The van der Waals surface area contributed by atoms with Gasteiger partial charge in [-0.2, -0.15) is 0 Å². The van der Waals surface area contributed by atoms with Gasteiger partial charge >= 0.3 is 0 Å². The maximum absolute atomic E-state index is 6.46. The Hall–Kier alpha value is -7.68. The number of hydrogen-bond acceptors (Lipinski definition) is 2. The predicted octanol–water partition coefficient (Wildman–Crippen LogP) is 16.0. The Labute approximate surface area is 337 Å². The first-order chi connectivity index (χ1) is 28.7. The smallest absolute Gasteiger partial charge is 0.143 e. The Morgan fingerprint density at radius 3 is 1.53 bits per heavy atom. The van der Waals surface area contributed by atoms with Gasteiger partial charge in [0.25, 0.3) is 0 Å². The first-order valence-electron chi connectivity index (χ1n) is 19.8. The highest BCUT2D eigenvalue weighted by Gasteiger charge is 2.20. The number of fused-ring (bicyclic) bond motifs is 5. The van der Waals surface area contributed by atoms with E-state index in [9.17, 15) is 0 Å². The van der Waals surface area contributed by atoms with Gasteiger partial charge in [0.05, 0.1) is 5.69 Å². The zero-order valence-corrected chi connectivity index (χ0v) is 31.7. The van der Waals surface area contributed by atoms with Crippen molar-refractivity contribution in [3.63, 3.8) is 0 Å². The number of anilines is 3. The van der Waals surface area contributed by atoms with Crippen molar-refractivity contribution in [3.8, 4) is 44.5 Å². The van der Waals surface area contributed by atoms with Crippen molar-refractivity contribution in [2.45, 2.75) is 0 Å². The van der Waals surface area contributed by atoms with Crippen LogP contribution in [0.4, 0.5) is 17.1 Å². The summed E-state index contributed by atoms with van der Waals surface area (Å²) in [5, 5.41) is 7.19. The normalized spacial score (nSPS) is 11.4. The Kier molecular flexibility index (Phi) is 8.19. The van der Waals surface area contributed by atoms with E-state index in [-0.39, 0.29) is 0 Å². The van der Waals surface area contributed by atoms with E-state index < -0.39 is 0 Å². The first kappa shape index (κ1) is 33.6. The Morgan fingerprint density at radius 1 is 0.293 bits per heavy atom. The lowest BCUT2D eigenvalue weighted by atomic mass is 9.93. The summed E-state index contributed by atoms with van der Waals surface area (Å²) < 4.78 is 6.46. The predicted molar refractivity (Wildman–Crippen MR) is 245 cm³/mol. The molecule has 1 heterocycles. The molecule has 0 radical (unpaired) electrons. The van der Waals surface area contributed by atoms with Crippen LogP contribution in [0, 0.1) is 0 Å². The van der Waals surface area contributed by atoms with Gasteiger partial charge in [0.1, 0.15) is 11.2 Å². The lowest BCUT2D eigenvalue weighted by molar-refractivity contribution is 0.670. The standard InChI is InChI=1S/C56H37NO/c1-3-15-41-35-44(29-27-38(41)13-1)49-20-6-5-19-48(49)43-17-11-18-47(37-43)57(54-25-9-7-21-50(54)45-30-28-39-14-2-4-16-42(39)36-45)46-33-31-40(32-34-46)51-23-12-24-53-52-22-8-10-26-55(52)58-56(51)53/h1-37H. The third kappa shape index (κ3) is 5.91. The topological polar surface area (TPSA) is 16.4 Å². The van der Waals surface area contributed by atoms with Gasteiger partial charge in [-0.1, -0.05) is 176 Å². The molecule has 0 unspecified atom stereocenters. The summed E-state index contributed by atoms with van der Waals surface area (Å²) in [7, 11) is 0. The third-order valence-corrected chi connectivity index (χ3v) is 11.4. The summed E-state index contributed by atoms with van der Waals surface area (Å²) in [6, 6.07) is 80.8. The van der Waals surface area contributed by atoms with E-state index >= 15 is 0 Å². The van der Waals surface area contributed by atoms with E-state index in [1.807, 2.05) is 12.1 Å². The Bertz CT molecular complexity index is 3300. The fourth-order valence-electron chi connectivity index (χ4n) is 8.62. The van der Waals surface area contributed by atoms with Crippen LogP contribution in [0.15, 0.2) is 229 Å². The van der Waals surface area contributed by atoms with Crippen LogP contribution in [0.5, 0.6) is 0 Å². The van der Waals surface area contributed by atoms with Gasteiger partial charge in [-0.15, -0.1) is 0 Å². The zero-order chi connectivity index (χ0) is 38.4. The third-order valence-electron chi connectivity index (χ3n) is 11.4. The van der Waals surface area contributed by atoms with Gasteiger partial charge in [-0.25, -0.2) is 0 Å². The second-order valence-electron chi connectivity index (χ2n) is 14.9. The minimum atomic E-state index is 0.903. The summed E-state index contributed by atoms with van der Waals surface area (Å²) >= 11 is 0. The maximum Gasteiger partial charge on any atom is 0.143 e. The van der Waals surface area contributed by atoms with Crippen LogP contribution in [0.3, 0.4) is 0 Å². The lowest BCUT2D eigenvalue weighted by Gasteiger charge is -2.28. The molecule has 0 saturated carbocycles. The Morgan fingerprint density at radius 2 is 0.810 bits per heavy atom. The number of nitrogens with zero attached hydrogens (tertiary/aromatic N) is 1. The molecule has 2 heteroatoms. The van der Waals surface area contributed by atoms with E-state index in [0.717, 1.165) is 61.3 Å². The molecule has 0 N–H and O–H groups in total. The fourth-order valence-corrected chi connectivity index (χ4v) is 8.62. The van der Waals surface area contributed by atoms with Crippen LogP contribution in [0.1, 0.15) is 0 Å². The van der Waals surface area contributed by atoms with Gasteiger partial charge in [0.15, 0.2) is 0 Å². The number of benzene rings is 10. The summed E-state index contributed by atoms with van der Waals surface area (Å²) in [6.45, 7) is 0. The van der Waals surface area contributed by atoms with Crippen molar-refractivity contribution in [1.29, 1.82) is 0 Å². The summed E-state index contributed by atoms with van der Waals surface area (Å²) in [5.74, 6) is 0. The van der Waals surface area contributed by atoms with Crippen molar-refractivity contribution in [3.05, 3.63) is 224 Å². The molecule has 2 nitrogen and oxygen atoms in total. The van der Waals surface area contributed by atoms with Crippen LogP contribution >= 0.6 is 0 Å². The molecule has 0 aliphatic heterocycles. The van der Waals surface area contributed by atoms with Gasteiger partial charge in [-0.05, 0) is 103 Å². The summed E-state index contributed by atoms with van der Waals surface area (Å²) in [4.78, 5) is 2.40. The van der Waals surface area contributed by atoms with E-state index in [0.29, 0.717) is 0 Å². The van der Waals surface area contributed by atoms with E-state index in [4.69, 9.17) is 4.42 Å². The highest BCUT2D eigenvalue weighted by atomic mass is 16.3. The van der Waals surface area contributed by atoms with Gasteiger partial charge < -0.3 is 9.32 Å². The SMILES string of the molecule is c1cc(-c2ccccc2-c2ccc3ccccc3c2)cc(N(c2ccc(-c3cccc4c3oc3ccccc34)cc2)c2ccccc2-c2ccc3ccccc3c2)c1. The van der Waals surface area contributed by atoms with Gasteiger partial charge in [0, 0.05) is 33.3 Å². The average Bonchev–Trinajstić information content (AvgIpc) is 3.68. The minimum absolute atomic E-state index is 0.903. The summed E-state index contributed by atoms with van der Waals surface area (Å²) in [6.07, 6.45) is 0. The molecule has 0 saturated heterocycles. The minimum Gasteiger partial charge on any atom is -0.455 e. The molecule has 0 fully saturated rings.